The smallest absolute Gasteiger partial charge is 0.220 e. The van der Waals surface area contributed by atoms with Gasteiger partial charge in [-0.15, -0.1) is 0 Å². The summed E-state index contributed by atoms with van der Waals surface area (Å²) in [6.45, 7) is 2.84. The Morgan fingerprint density at radius 2 is 0.759 bits per heavy atom. The van der Waals surface area contributed by atoms with E-state index in [0.29, 0.717) is 6.42 Å². The summed E-state index contributed by atoms with van der Waals surface area (Å²) in [5.74, 6) is -0.233. The van der Waals surface area contributed by atoms with E-state index in [9.17, 15) is 45.6 Å². The third kappa shape index (κ3) is 39.2. The fraction of sp³-hybridized carbons (Fsp3) is 0.928. The lowest BCUT2D eigenvalue weighted by Crippen LogP contribution is -2.65. The normalized spacial score (nSPS) is 23.9. The van der Waals surface area contributed by atoms with E-state index in [-0.39, 0.29) is 18.9 Å². The molecule has 0 bridgehead atoms. The average molecular weight is 1180 g/mol. The Kier molecular flexibility index (Phi) is 51.0. The molecule has 83 heavy (non-hydrogen) atoms. The number of rotatable bonds is 58. The van der Waals surface area contributed by atoms with Crippen LogP contribution in [-0.4, -0.2) is 140 Å². The summed E-state index contributed by atoms with van der Waals surface area (Å²) in [6.07, 6.45) is 50.9. The number of hydrogen-bond donors (Lipinski definition) is 9. The van der Waals surface area contributed by atoms with Crippen molar-refractivity contribution in [2.75, 3.05) is 19.8 Å². The molecule has 1 amide bonds. The number of carbonyl (C=O) groups excluding carboxylic acids is 1. The summed E-state index contributed by atoms with van der Waals surface area (Å²) in [4.78, 5) is 13.3. The summed E-state index contributed by atoms with van der Waals surface area (Å²) >= 11 is 0. The van der Waals surface area contributed by atoms with Gasteiger partial charge in [-0.1, -0.05) is 289 Å². The first kappa shape index (κ1) is 77.6. The minimum absolute atomic E-state index is 0.233. The summed E-state index contributed by atoms with van der Waals surface area (Å²) in [7, 11) is 0. The Morgan fingerprint density at radius 3 is 1.14 bits per heavy atom. The van der Waals surface area contributed by atoms with Gasteiger partial charge in [-0.3, -0.25) is 4.79 Å². The maximum absolute atomic E-state index is 13.3. The van der Waals surface area contributed by atoms with Crippen LogP contribution in [0.4, 0.5) is 0 Å². The summed E-state index contributed by atoms with van der Waals surface area (Å²) in [5, 5.41) is 87.4. The van der Waals surface area contributed by atoms with Gasteiger partial charge in [-0.2, -0.15) is 0 Å². The molecule has 9 N–H and O–H groups in total. The van der Waals surface area contributed by atoms with Crippen LogP contribution >= 0.6 is 0 Å². The topological polar surface area (TPSA) is 228 Å². The number of unbranched alkanes of at least 4 members (excludes halogenated alkanes) is 43. The molecule has 0 radical (unpaired) electrons. The number of amides is 1. The molecule has 0 aromatic heterocycles. The van der Waals surface area contributed by atoms with Crippen LogP contribution in [0.3, 0.4) is 0 Å². The van der Waals surface area contributed by atoms with E-state index >= 15 is 0 Å². The number of allylic oxidation sites excluding steroid dienone is 3. The van der Waals surface area contributed by atoms with Gasteiger partial charge in [0.05, 0.1) is 32.0 Å². The first-order chi connectivity index (χ1) is 40.6. The van der Waals surface area contributed by atoms with Crippen LogP contribution in [0.15, 0.2) is 24.3 Å². The zero-order valence-corrected chi connectivity index (χ0v) is 53.2. The molecule has 0 aromatic rings. The molecule has 0 aliphatic carbocycles. The largest absolute Gasteiger partial charge is 0.394 e. The van der Waals surface area contributed by atoms with E-state index in [0.717, 1.165) is 38.5 Å². The van der Waals surface area contributed by atoms with Crippen molar-refractivity contribution in [3.8, 4) is 0 Å². The molecular formula is C69H131NO13. The lowest BCUT2D eigenvalue weighted by Gasteiger charge is -2.46. The van der Waals surface area contributed by atoms with Gasteiger partial charge in [0.1, 0.15) is 48.8 Å². The van der Waals surface area contributed by atoms with Crippen molar-refractivity contribution in [2.45, 2.75) is 389 Å². The van der Waals surface area contributed by atoms with Crippen LogP contribution in [0.5, 0.6) is 0 Å². The Morgan fingerprint density at radius 1 is 0.422 bits per heavy atom. The Balaban J connectivity index is 1.65. The maximum atomic E-state index is 13.3. The maximum Gasteiger partial charge on any atom is 0.220 e. The molecule has 490 valence electrons. The van der Waals surface area contributed by atoms with Crippen molar-refractivity contribution in [3.63, 3.8) is 0 Å². The Bertz CT molecular complexity index is 1490. The number of aliphatic hydroxyl groups is 8. The summed E-state index contributed by atoms with van der Waals surface area (Å²) < 4.78 is 22.8. The van der Waals surface area contributed by atoms with E-state index in [1.165, 1.54) is 250 Å². The highest BCUT2D eigenvalue weighted by atomic mass is 16.7. The predicted octanol–water partition coefficient (Wildman–Crippen LogP) is 14.0. The molecule has 14 heteroatoms. The van der Waals surface area contributed by atoms with E-state index in [2.05, 4.69) is 31.3 Å². The molecule has 0 spiro atoms. The molecule has 2 saturated heterocycles. The van der Waals surface area contributed by atoms with Crippen molar-refractivity contribution in [1.29, 1.82) is 0 Å². The van der Waals surface area contributed by atoms with Crippen LogP contribution in [0.2, 0.25) is 0 Å². The summed E-state index contributed by atoms with van der Waals surface area (Å²) in [6, 6.07) is -0.912. The highest BCUT2D eigenvalue weighted by molar-refractivity contribution is 5.76. The fourth-order valence-electron chi connectivity index (χ4n) is 11.8. The van der Waals surface area contributed by atoms with E-state index in [1.54, 1.807) is 6.08 Å². The molecule has 0 saturated carbocycles. The number of nitrogens with one attached hydrogen (secondary N) is 1. The number of aliphatic hydroxyl groups excluding tert-OH is 8. The van der Waals surface area contributed by atoms with Gasteiger partial charge in [0, 0.05) is 6.42 Å². The second kappa shape index (κ2) is 54.6. The van der Waals surface area contributed by atoms with Gasteiger partial charge in [-0.25, -0.2) is 0 Å². The van der Waals surface area contributed by atoms with Crippen LogP contribution in [0.1, 0.15) is 316 Å². The monoisotopic (exact) mass is 1180 g/mol. The van der Waals surface area contributed by atoms with Crippen molar-refractivity contribution >= 4 is 5.91 Å². The van der Waals surface area contributed by atoms with E-state index in [4.69, 9.17) is 18.9 Å². The van der Waals surface area contributed by atoms with Gasteiger partial charge in [0.15, 0.2) is 12.6 Å². The highest BCUT2D eigenvalue weighted by Gasteiger charge is 2.51. The van der Waals surface area contributed by atoms with Crippen molar-refractivity contribution in [2.24, 2.45) is 0 Å². The second-order valence-electron chi connectivity index (χ2n) is 25.0. The van der Waals surface area contributed by atoms with Gasteiger partial charge in [-0.05, 0) is 44.9 Å². The molecule has 2 aliphatic heterocycles. The second-order valence-corrected chi connectivity index (χ2v) is 25.0. The molecule has 12 atom stereocenters. The Hall–Kier alpha value is -1.53. The van der Waals surface area contributed by atoms with Crippen LogP contribution < -0.4 is 5.32 Å². The lowest BCUT2D eigenvalue weighted by atomic mass is 9.97. The molecule has 2 rings (SSSR count). The van der Waals surface area contributed by atoms with Crippen LogP contribution in [0.25, 0.3) is 0 Å². The lowest BCUT2D eigenvalue weighted by molar-refractivity contribution is -0.359. The van der Waals surface area contributed by atoms with Crippen molar-refractivity contribution in [1.82, 2.24) is 5.32 Å². The first-order valence-electron chi connectivity index (χ1n) is 35.1. The third-order valence-corrected chi connectivity index (χ3v) is 17.4. The van der Waals surface area contributed by atoms with Gasteiger partial charge in [0.2, 0.25) is 5.91 Å². The van der Waals surface area contributed by atoms with Gasteiger partial charge < -0.3 is 65.1 Å². The molecule has 2 fully saturated rings. The van der Waals surface area contributed by atoms with Crippen molar-refractivity contribution in [3.05, 3.63) is 24.3 Å². The van der Waals surface area contributed by atoms with Crippen molar-refractivity contribution < 1.29 is 64.6 Å². The molecular weight excluding hydrogens is 1050 g/mol. The molecule has 2 heterocycles. The van der Waals surface area contributed by atoms with Crippen LogP contribution in [0, 0.1) is 0 Å². The summed E-state index contributed by atoms with van der Waals surface area (Å²) in [5.41, 5.74) is 0. The predicted molar refractivity (Wildman–Crippen MR) is 337 cm³/mol. The fourth-order valence-corrected chi connectivity index (χ4v) is 11.8. The quantitative estimate of drug-likeness (QED) is 0.0204. The van der Waals surface area contributed by atoms with Gasteiger partial charge in [0.25, 0.3) is 0 Å². The Labute approximate surface area is 507 Å². The minimum Gasteiger partial charge on any atom is -0.394 e. The van der Waals surface area contributed by atoms with E-state index < -0.39 is 86.8 Å². The standard InChI is InChI=1S/C69H131NO13/c1-3-5-7-9-11-13-15-17-19-21-23-24-25-26-27-28-29-30-31-32-33-34-35-37-39-41-43-45-47-49-51-53-61(74)70-57(58(73)52-50-48-46-44-42-40-38-36-22-20-18-16-14-12-10-8-6-4-2)56-80-68-66(79)64(77)67(60(55-72)82-68)83-69-65(78)63(76)62(75)59(54-71)81-69/h21,23,50,52,57-60,62-69,71-73,75-79H,3-20,22,24-49,51,53-56H2,1-2H3,(H,70,74)/b23-21-,52-50+. The molecule has 12 unspecified atom stereocenters. The number of carbonyl (C=O) groups is 1. The third-order valence-electron chi connectivity index (χ3n) is 17.4. The molecule has 2 aliphatic rings. The zero-order valence-electron chi connectivity index (χ0n) is 53.2. The SMILES string of the molecule is CCCCCCCCCC/C=C\CCCCCCCCCCCCCCCCCCCCCC(=O)NC(COC1OC(CO)C(OC2OC(CO)C(O)C(O)C2O)C(O)C1O)C(O)/C=C/CCCCCCCCCCCCCCCCCC. The zero-order chi connectivity index (χ0) is 60.2. The number of hydrogen-bond acceptors (Lipinski definition) is 13. The van der Waals surface area contributed by atoms with Crippen LogP contribution in [-0.2, 0) is 23.7 Å². The van der Waals surface area contributed by atoms with E-state index in [1.807, 2.05) is 6.08 Å². The molecule has 14 nitrogen and oxygen atoms in total. The minimum atomic E-state index is -1.79. The van der Waals surface area contributed by atoms with Gasteiger partial charge >= 0.3 is 0 Å². The number of ether oxygens (including phenoxy) is 4. The first-order valence-corrected chi connectivity index (χ1v) is 35.1. The molecule has 0 aromatic carbocycles. The average Bonchev–Trinajstić information content (AvgIpc) is 3.64. The highest BCUT2D eigenvalue weighted by Crippen LogP contribution is 2.30.